The van der Waals surface area contributed by atoms with Gasteiger partial charge < -0.3 is 28.7 Å². The first-order valence-electron chi connectivity index (χ1n) is 13.5. The summed E-state index contributed by atoms with van der Waals surface area (Å²) in [4.78, 5) is 38.0. The van der Waals surface area contributed by atoms with Crippen LogP contribution in [0, 0.1) is 0 Å². The zero-order valence-electron chi connectivity index (χ0n) is 22.6. The van der Waals surface area contributed by atoms with Crippen molar-refractivity contribution in [3.63, 3.8) is 0 Å². The van der Waals surface area contributed by atoms with Crippen LogP contribution in [0.3, 0.4) is 0 Å². The lowest BCUT2D eigenvalue weighted by Crippen LogP contribution is -2.41. The van der Waals surface area contributed by atoms with Crippen LogP contribution in [0.4, 0.5) is 20.2 Å². The number of fused-ring (bicyclic) bond motifs is 4. The fourth-order valence-corrected chi connectivity index (χ4v) is 5.76. The number of carbonyl (C=O) groups excluding carboxylic acids is 2. The lowest BCUT2D eigenvalue weighted by Gasteiger charge is -2.24. The predicted octanol–water partition coefficient (Wildman–Crippen LogP) is 3.32. The molecule has 2 fully saturated rings. The van der Waals surface area contributed by atoms with Crippen LogP contribution in [0.1, 0.15) is 27.1 Å². The Hall–Kier alpha value is -3.90. The van der Waals surface area contributed by atoms with Gasteiger partial charge in [-0.2, -0.15) is 0 Å². The van der Waals surface area contributed by atoms with Crippen LogP contribution in [0.15, 0.2) is 46.4 Å². The van der Waals surface area contributed by atoms with Crippen molar-refractivity contribution in [2.45, 2.75) is 43.1 Å². The fourth-order valence-electron chi connectivity index (χ4n) is 5.76. The zero-order chi connectivity index (χ0) is 28.7. The Bertz CT molecular complexity index is 1300. The first-order valence-corrected chi connectivity index (χ1v) is 13.5. The first kappa shape index (κ1) is 27.3. The van der Waals surface area contributed by atoms with Crippen LogP contribution in [0.5, 0.6) is 11.5 Å². The van der Waals surface area contributed by atoms with E-state index in [2.05, 4.69) is 9.98 Å². The number of alkyl halides is 2. The van der Waals surface area contributed by atoms with E-state index in [4.69, 9.17) is 18.9 Å². The number of nitrogens with zero attached hydrogens (tertiary/aromatic N) is 4. The van der Waals surface area contributed by atoms with Crippen molar-refractivity contribution < 1.29 is 37.3 Å². The molecule has 2 saturated heterocycles. The Morgan fingerprint density at radius 3 is 1.61 bits per heavy atom. The molecule has 2 aromatic rings. The van der Waals surface area contributed by atoms with Gasteiger partial charge in [-0.3, -0.25) is 19.6 Å². The van der Waals surface area contributed by atoms with Gasteiger partial charge in [-0.1, -0.05) is 0 Å². The molecule has 4 unspecified atom stereocenters. The Morgan fingerprint density at radius 2 is 1.20 bits per heavy atom. The van der Waals surface area contributed by atoms with E-state index in [1.165, 1.54) is 24.0 Å². The quantitative estimate of drug-likeness (QED) is 0.453. The molecule has 0 bridgehead atoms. The van der Waals surface area contributed by atoms with Gasteiger partial charge in [0.25, 0.3) is 11.8 Å². The maximum Gasteiger partial charge on any atom is 0.256 e. The number of rotatable bonds is 8. The largest absolute Gasteiger partial charge is 0.497 e. The summed E-state index contributed by atoms with van der Waals surface area (Å²) in [6, 6.07) is 8.67. The number of halogens is 2. The minimum atomic E-state index is -1.39. The van der Waals surface area contributed by atoms with E-state index in [9.17, 15) is 18.4 Å². The molecule has 4 heterocycles. The number of benzene rings is 2. The third-order valence-electron chi connectivity index (χ3n) is 7.88. The van der Waals surface area contributed by atoms with E-state index in [0.29, 0.717) is 40.4 Å². The smallest absolute Gasteiger partial charge is 0.256 e. The van der Waals surface area contributed by atoms with Gasteiger partial charge in [0.15, 0.2) is 0 Å². The molecule has 10 nitrogen and oxygen atoms in total. The second kappa shape index (κ2) is 11.2. The molecule has 0 N–H and O–H groups in total. The lowest BCUT2D eigenvalue weighted by molar-refractivity contribution is -0.0209. The van der Waals surface area contributed by atoms with Crippen molar-refractivity contribution in [1.29, 1.82) is 0 Å². The molecule has 12 heteroatoms. The van der Waals surface area contributed by atoms with Crippen LogP contribution in [0.25, 0.3) is 0 Å². The van der Waals surface area contributed by atoms with Gasteiger partial charge in [-0.25, -0.2) is 8.78 Å². The van der Waals surface area contributed by atoms with E-state index < -0.39 is 36.6 Å². The summed E-state index contributed by atoms with van der Waals surface area (Å²) in [6.07, 6.45) is -1.11. The van der Waals surface area contributed by atoms with Crippen LogP contribution >= 0.6 is 0 Å². The minimum Gasteiger partial charge on any atom is -0.497 e. The molecule has 6 atom stereocenters. The molecular weight excluding hydrogens is 538 g/mol. The number of carbonyl (C=O) groups is 2. The van der Waals surface area contributed by atoms with Crippen molar-refractivity contribution in [1.82, 2.24) is 9.80 Å². The number of methoxy groups -OCH3 is 2. The molecule has 216 valence electrons. The third-order valence-corrected chi connectivity index (χ3v) is 7.88. The van der Waals surface area contributed by atoms with E-state index in [1.807, 2.05) is 0 Å². The average molecular weight is 569 g/mol. The van der Waals surface area contributed by atoms with Gasteiger partial charge >= 0.3 is 0 Å². The molecule has 0 radical (unpaired) electrons. The molecule has 2 aromatic carbocycles. The molecule has 0 aromatic heterocycles. The second-order valence-electron chi connectivity index (χ2n) is 10.3. The monoisotopic (exact) mass is 568 g/mol. The predicted molar refractivity (Wildman–Crippen MR) is 146 cm³/mol. The van der Waals surface area contributed by atoms with Gasteiger partial charge in [0.1, 0.15) is 36.1 Å². The summed E-state index contributed by atoms with van der Waals surface area (Å²) < 4.78 is 52.2. The highest BCUT2D eigenvalue weighted by atomic mass is 19.1. The van der Waals surface area contributed by atoms with Gasteiger partial charge in [0.05, 0.1) is 61.9 Å². The van der Waals surface area contributed by atoms with Gasteiger partial charge in [0.2, 0.25) is 0 Å². The second-order valence-corrected chi connectivity index (χ2v) is 10.3. The topological polar surface area (TPSA) is 102 Å². The van der Waals surface area contributed by atoms with Crippen molar-refractivity contribution in [2.24, 2.45) is 9.98 Å². The summed E-state index contributed by atoms with van der Waals surface area (Å²) in [5.41, 5.74) is 1.67. The third kappa shape index (κ3) is 4.95. The molecule has 0 spiro atoms. The van der Waals surface area contributed by atoms with Crippen molar-refractivity contribution in [3.05, 3.63) is 47.5 Å². The van der Waals surface area contributed by atoms with Gasteiger partial charge in [-0.15, -0.1) is 0 Å². The Labute approximate surface area is 235 Å². The summed E-state index contributed by atoms with van der Waals surface area (Å²) in [5, 5.41) is 0. The molecule has 2 amide bonds. The molecule has 6 rings (SSSR count). The molecule has 0 aliphatic carbocycles. The number of hydrogen-bond donors (Lipinski definition) is 0. The Kier molecular flexibility index (Phi) is 7.43. The SMILES string of the molecule is COc1ccc2c(c1)C(=O)N1CC(F)C(OCCCOC3C(F)CN4C(=O)c5cc(OC)ccc5N=C[C@@H]34)[C@@H]1C=N2. The van der Waals surface area contributed by atoms with E-state index >= 15 is 0 Å². The molecule has 41 heavy (non-hydrogen) atoms. The maximum absolute atomic E-state index is 15.0. The van der Waals surface area contributed by atoms with Crippen molar-refractivity contribution >= 4 is 35.6 Å². The summed E-state index contributed by atoms with van der Waals surface area (Å²) >= 11 is 0. The molecule has 0 saturated carbocycles. The standard InChI is InChI=1S/C29H30F2N4O6/c1-38-16-4-6-22-18(10-16)28(36)34-14-20(30)26(24(34)12-32-22)40-8-3-9-41-27-21(31)15-35-25(27)13-33-23-7-5-17(39-2)11-19(23)29(35)37/h4-7,10-13,20-21,24-27H,3,8-9,14-15H2,1-2H3/t20?,21?,24-,25-,26?,27?/m0/s1. The Balaban J connectivity index is 1.05. The minimum absolute atomic E-state index is 0.113. The van der Waals surface area contributed by atoms with Crippen LogP contribution in [-0.4, -0.2) is 111 Å². The molecule has 4 aliphatic heterocycles. The first-order chi connectivity index (χ1) is 19.9. The van der Waals surface area contributed by atoms with E-state index in [-0.39, 0.29) is 38.1 Å². The van der Waals surface area contributed by atoms with E-state index in [1.54, 1.807) is 48.8 Å². The fraction of sp³-hybridized carbons (Fsp3) is 0.448. The van der Waals surface area contributed by atoms with Crippen molar-refractivity contribution in [2.75, 3.05) is 40.5 Å². The van der Waals surface area contributed by atoms with Crippen LogP contribution < -0.4 is 9.47 Å². The number of hydrogen-bond acceptors (Lipinski definition) is 8. The highest BCUT2D eigenvalue weighted by Crippen LogP contribution is 2.35. The van der Waals surface area contributed by atoms with Gasteiger partial charge in [0, 0.05) is 25.6 Å². The maximum atomic E-state index is 15.0. The van der Waals surface area contributed by atoms with Crippen molar-refractivity contribution in [3.8, 4) is 11.5 Å². The summed E-state index contributed by atoms with van der Waals surface area (Å²) in [6.45, 7) is 0.0409. The summed E-state index contributed by atoms with van der Waals surface area (Å²) in [5.74, 6) is 0.358. The Morgan fingerprint density at radius 1 is 0.756 bits per heavy atom. The number of aliphatic imine (C=N–C) groups is 2. The van der Waals surface area contributed by atoms with E-state index in [0.717, 1.165) is 0 Å². The van der Waals surface area contributed by atoms with Crippen LogP contribution in [-0.2, 0) is 9.47 Å². The summed E-state index contributed by atoms with van der Waals surface area (Å²) in [7, 11) is 3.01. The van der Waals surface area contributed by atoms with Crippen LogP contribution in [0.2, 0.25) is 0 Å². The average Bonchev–Trinajstić information content (AvgIpc) is 3.38. The highest BCUT2D eigenvalue weighted by Gasteiger charge is 2.47. The zero-order valence-corrected chi connectivity index (χ0v) is 22.6. The van der Waals surface area contributed by atoms with Gasteiger partial charge in [-0.05, 0) is 42.8 Å². The normalized spacial score (nSPS) is 28.1. The number of ether oxygens (including phenoxy) is 4. The molecule has 4 aliphatic rings. The highest BCUT2D eigenvalue weighted by molar-refractivity contribution is 6.04. The number of amides is 2. The lowest BCUT2D eigenvalue weighted by atomic mass is 10.1. The molecular formula is C29H30F2N4O6.